The van der Waals surface area contributed by atoms with Gasteiger partial charge in [0, 0.05) is 10.2 Å². The Kier molecular flexibility index (Phi) is 8.07. The van der Waals surface area contributed by atoms with Gasteiger partial charge in [-0.25, -0.2) is 8.78 Å². The van der Waals surface area contributed by atoms with Crippen LogP contribution in [0.2, 0.25) is 18.1 Å². The molecule has 1 saturated heterocycles. The highest BCUT2D eigenvalue weighted by Crippen LogP contribution is 2.48. The van der Waals surface area contributed by atoms with Crippen molar-refractivity contribution in [3.05, 3.63) is 100 Å². The van der Waals surface area contributed by atoms with E-state index in [4.69, 9.17) is 4.43 Å². The van der Waals surface area contributed by atoms with E-state index in [1.807, 2.05) is 24.3 Å². The topological polar surface area (TPSA) is 29.5 Å². The van der Waals surface area contributed by atoms with Crippen molar-refractivity contribution in [2.24, 2.45) is 5.92 Å². The first-order valence-electron chi connectivity index (χ1n) is 12.6. The summed E-state index contributed by atoms with van der Waals surface area (Å²) in [6.07, 6.45) is 1.02. The number of nitrogens with zero attached hydrogens (tertiary/aromatic N) is 1. The normalized spacial score (nSPS) is 19.0. The average Bonchev–Trinajstić information content (AvgIpc) is 2.83. The highest BCUT2D eigenvalue weighted by molar-refractivity contribution is 9.10. The molecule has 7 heteroatoms. The fourth-order valence-corrected chi connectivity index (χ4v) is 6.18. The molecule has 0 saturated carbocycles. The van der Waals surface area contributed by atoms with Crippen LogP contribution in [0.3, 0.4) is 0 Å². The number of carbonyl (C=O) groups is 1. The highest BCUT2D eigenvalue weighted by Gasteiger charge is 2.49. The second-order valence-corrected chi connectivity index (χ2v) is 17.0. The van der Waals surface area contributed by atoms with Crippen LogP contribution in [0.4, 0.5) is 14.5 Å². The second-order valence-electron chi connectivity index (χ2n) is 11.3. The number of rotatable bonds is 8. The van der Waals surface area contributed by atoms with Crippen molar-refractivity contribution < 1.29 is 18.0 Å². The third-order valence-corrected chi connectivity index (χ3v) is 12.8. The summed E-state index contributed by atoms with van der Waals surface area (Å²) in [6.45, 7) is 11.0. The van der Waals surface area contributed by atoms with Crippen LogP contribution >= 0.6 is 15.9 Å². The van der Waals surface area contributed by atoms with Gasteiger partial charge >= 0.3 is 0 Å². The van der Waals surface area contributed by atoms with E-state index in [2.05, 4.69) is 49.8 Å². The Morgan fingerprint density at radius 3 is 2.00 bits per heavy atom. The van der Waals surface area contributed by atoms with Gasteiger partial charge in [-0.3, -0.25) is 4.79 Å². The standard InChI is InChI=1S/C30H34BrF2NO2Si/c1-30(2,3)37(4,5)36-27(20-8-12-23(32)13-9-20)19-18-26-28(21-6-10-22(31)11-7-21)34(29(26)35)25-16-14-24(33)15-17-25/h6-17,26-28H,18-19H2,1-5H3/t26-,27+,28-/m1/s1. The molecule has 1 heterocycles. The van der Waals surface area contributed by atoms with E-state index >= 15 is 0 Å². The Bertz CT molecular complexity index is 1220. The molecule has 1 aliphatic rings. The fraction of sp³-hybridized carbons (Fsp3) is 0.367. The molecule has 1 fully saturated rings. The lowest BCUT2D eigenvalue weighted by molar-refractivity contribution is -0.131. The minimum Gasteiger partial charge on any atom is -0.410 e. The van der Waals surface area contributed by atoms with Crippen molar-refractivity contribution in [1.29, 1.82) is 0 Å². The Labute approximate surface area is 228 Å². The van der Waals surface area contributed by atoms with E-state index < -0.39 is 8.32 Å². The van der Waals surface area contributed by atoms with Gasteiger partial charge in [-0.2, -0.15) is 0 Å². The van der Waals surface area contributed by atoms with Crippen LogP contribution < -0.4 is 4.90 Å². The monoisotopic (exact) mass is 585 g/mol. The maximum atomic E-state index is 13.7. The predicted octanol–water partition coefficient (Wildman–Crippen LogP) is 8.97. The first kappa shape index (κ1) is 27.7. The largest absolute Gasteiger partial charge is 0.410 e. The van der Waals surface area contributed by atoms with E-state index in [1.165, 1.54) is 24.3 Å². The van der Waals surface area contributed by atoms with Gasteiger partial charge in [-0.1, -0.05) is 61.0 Å². The lowest BCUT2D eigenvalue weighted by atomic mass is 9.78. The molecule has 3 atom stereocenters. The molecule has 0 aliphatic carbocycles. The van der Waals surface area contributed by atoms with E-state index in [-0.39, 0.29) is 40.6 Å². The maximum absolute atomic E-state index is 13.7. The Morgan fingerprint density at radius 2 is 1.46 bits per heavy atom. The average molecular weight is 587 g/mol. The Balaban J connectivity index is 1.61. The van der Waals surface area contributed by atoms with Crippen LogP contribution in [-0.4, -0.2) is 14.2 Å². The molecule has 0 spiro atoms. The smallest absolute Gasteiger partial charge is 0.233 e. The summed E-state index contributed by atoms with van der Waals surface area (Å²) in [5.41, 5.74) is 2.64. The zero-order valence-electron chi connectivity index (χ0n) is 22.0. The molecule has 0 radical (unpaired) electrons. The van der Waals surface area contributed by atoms with Gasteiger partial charge in [0.15, 0.2) is 8.32 Å². The summed E-state index contributed by atoms with van der Waals surface area (Å²) < 4.78 is 35.0. The summed E-state index contributed by atoms with van der Waals surface area (Å²) >= 11 is 3.49. The molecule has 1 aliphatic heterocycles. The first-order chi connectivity index (χ1) is 17.4. The van der Waals surface area contributed by atoms with Crippen LogP contribution in [-0.2, 0) is 9.22 Å². The molecular formula is C30H34BrF2NO2Si. The number of β-lactam (4-membered cyclic amide) rings is 1. The van der Waals surface area contributed by atoms with Crippen molar-refractivity contribution in [1.82, 2.24) is 0 Å². The summed E-state index contributed by atoms with van der Waals surface area (Å²) in [4.78, 5) is 15.2. The van der Waals surface area contributed by atoms with Gasteiger partial charge < -0.3 is 9.33 Å². The third kappa shape index (κ3) is 6.05. The van der Waals surface area contributed by atoms with Crippen LogP contribution in [0.15, 0.2) is 77.3 Å². The lowest BCUT2D eigenvalue weighted by Crippen LogP contribution is -2.55. The van der Waals surface area contributed by atoms with Crippen LogP contribution in [0.5, 0.6) is 0 Å². The molecule has 37 heavy (non-hydrogen) atoms. The minimum atomic E-state index is -2.13. The van der Waals surface area contributed by atoms with Crippen molar-refractivity contribution in [2.45, 2.75) is 63.9 Å². The number of amides is 1. The van der Waals surface area contributed by atoms with Gasteiger partial charge in [0.1, 0.15) is 11.6 Å². The second kappa shape index (κ2) is 10.8. The number of carbonyl (C=O) groups excluding carboxylic acids is 1. The van der Waals surface area contributed by atoms with Gasteiger partial charge in [0.25, 0.3) is 0 Å². The summed E-state index contributed by atoms with van der Waals surface area (Å²) in [5.74, 6) is -0.838. The number of hydrogen-bond acceptors (Lipinski definition) is 2. The van der Waals surface area contributed by atoms with E-state index in [1.54, 1.807) is 29.2 Å². The summed E-state index contributed by atoms with van der Waals surface area (Å²) in [7, 11) is -2.13. The molecule has 0 bridgehead atoms. The van der Waals surface area contributed by atoms with Gasteiger partial charge in [0.05, 0.1) is 18.1 Å². The van der Waals surface area contributed by atoms with Crippen molar-refractivity contribution in [3.63, 3.8) is 0 Å². The van der Waals surface area contributed by atoms with E-state index in [9.17, 15) is 13.6 Å². The Hall–Kier alpha value is -2.35. The molecule has 3 nitrogen and oxygen atoms in total. The summed E-state index contributed by atoms with van der Waals surface area (Å²) in [6, 6.07) is 20.4. The lowest BCUT2D eigenvalue weighted by Gasteiger charge is -2.48. The molecule has 1 amide bonds. The van der Waals surface area contributed by atoms with Crippen LogP contribution in [0, 0.1) is 17.6 Å². The molecule has 0 unspecified atom stereocenters. The predicted molar refractivity (Wildman–Crippen MR) is 151 cm³/mol. The van der Waals surface area contributed by atoms with Crippen LogP contribution in [0.1, 0.15) is 56.9 Å². The minimum absolute atomic E-state index is 0.0108. The molecule has 3 aromatic rings. The third-order valence-electron chi connectivity index (χ3n) is 7.75. The van der Waals surface area contributed by atoms with Gasteiger partial charge in [-0.05, 0) is 90.6 Å². The number of halogens is 3. The number of benzene rings is 3. The van der Waals surface area contributed by atoms with Crippen molar-refractivity contribution in [2.75, 3.05) is 4.90 Å². The fourth-order valence-electron chi connectivity index (χ4n) is 4.60. The van der Waals surface area contributed by atoms with Gasteiger partial charge in [0.2, 0.25) is 5.91 Å². The number of hydrogen-bond donors (Lipinski definition) is 0. The summed E-state index contributed by atoms with van der Waals surface area (Å²) in [5, 5.41) is 0.0108. The van der Waals surface area contributed by atoms with Crippen molar-refractivity contribution >= 4 is 35.8 Å². The van der Waals surface area contributed by atoms with E-state index in [0.29, 0.717) is 18.5 Å². The maximum Gasteiger partial charge on any atom is 0.233 e. The molecule has 0 aromatic heterocycles. The highest BCUT2D eigenvalue weighted by atomic mass is 79.9. The number of anilines is 1. The molecule has 4 rings (SSSR count). The zero-order valence-corrected chi connectivity index (χ0v) is 24.6. The SMILES string of the molecule is CC(C)(C)[Si](C)(C)O[C@@H](CC[C@H]1C(=O)N(c2ccc(F)cc2)[C@@H]1c1ccc(Br)cc1)c1ccc(F)cc1. The van der Waals surface area contributed by atoms with E-state index in [0.717, 1.165) is 15.6 Å². The zero-order chi connectivity index (χ0) is 27.0. The molecule has 0 N–H and O–H groups in total. The molecule has 196 valence electrons. The van der Waals surface area contributed by atoms with Gasteiger partial charge in [-0.15, -0.1) is 0 Å². The molecule has 3 aromatic carbocycles. The molecular weight excluding hydrogens is 552 g/mol. The first-order valence-corrected chi connectivity index (χ1v) is 16.3. The Morgan fingerprint density at radius 1 is 0.919 bits per heavy atom. The quantitative estimate of drug-likeness (QED) is 0.195. The van der Waals surface area contributed by atoms with Crippen LogP contribution in [0.25, 0.3) is 0 Å². The van der Waals surface area contributed by atoms with Crippen molar-refractivity contribution in [3.8, 4) is 0 Å².